The van der Waals surface area contributed by atoms with Crippen LogP contribution in [0.5, 0.6) is 0 Å². The molecular formula is C17H22ClN5O4S. The number of hydrogen-bond acceptors (Lipinski definition) is 6. The maximum Gasteiger partial charge on any atom is 0.270 e. The number of nitrogens with zero attached hydrogens (tertiary/aromatic N) is 5. The molecule has 152 valence electrons. The molecule has 1 aliphatic heterocycles. The van der Waals surface area contributed by atoms with Gasteiger partial charge in [0.15, 0.2) is 0 Å². The Balaban J connectivity index is 1.74. The van der Waals surface area contributed by atoms with Gasteiger partial charge < -0.3 is 0 Å². The lowest BCUT2D eigenvalue weighted by Gasteiger charge is -2.34. The highest BCUT2D eigenvalue weighted by molar-refractivity contribution is 7.89. The molecule has 0 spiro atoms. The molecule has 2 aromatic rings. The summed E-state index contributed by atoms with van der Waals surface area (Å²) in [5.74, 6) is 0. The fraction of sp³-hybridized carbons (Fsp3) is 0.471. The third-order valence-corrected chi connectivity index (χ3v) is 7.50. The van der Waals surface area contributed by atoms with Crippen LogP contribution in [-0.2, 0) is 23.6 Å². The minimum absolute atomic E-state index is 0.0127. The molecule has 0 aliphatic carbocycles. The Labute approximate surface area is 168 Å². The highest BCUT2D eigenvalue weighted by Crippen LogP contribution is 2.26. The molecule has 11 heteroatoms. The molecule has 1 aliphatic rings. The van der Waals surface area contributed by atoms with Crippen molar-refractivity contribution in [2.24, 2.45) is 7.05 Å². The van der Waals surface area contributed by atoms with Crippen LogP contribution < -0.4 is 0 Å². The van der Waals surface area contributed by atoms with Gasteiger partial charge in [0.2, 0.25) is 10.0 Å². The van der Waals surface area contributed by atoms with Gasteiger partial charge in [0, 0.05) is 57.5 Å². The second-order valence-corrected chi connectivity index (χ2v) is 9.13. The predicted molar refractivity (Wildman–Crippen MR) is 105 cm³/mol. The van der Waals surface area contributed by atoms with E-state index in [-0.39, 0.29) is 10.6 Å². The maximum atomic E-state index is 13.0. The number of halogens is 1. The van der Waals surface area contributed by atoms with Crippen molar-refractivity contribution in [3.05, 3.63) is 50.3 Å². The Hall–Kier alpha value is -2.01. The van der Waals surface area contributed by atoms with Gasteiger partial charge in [-0.05, 0) is 19.4 Å². The Morgan fingerprint density at radius 2 is 1.86 bits per heavy atom. The average molecular weight is 428 g/mol. The molecule has 0 unspecified atom stereocenters. The van der Waals surface area contributed by atoms with Gasteiger partial charge in [-0.2, -0.15) is 9.40 Å². The normalized spacial score (nSPS) is 16.4. The molecule has 9 nitrogen and oxygen atoms in total. The number of nitro groups is 1. The first kappa shape index (κ1) is 20.7. The quantitative estimate of drug-likeness (QED) is 0.535. The number of benzene rings is 1. The van der Waals surface area contributed by atoms with Gasteiger partial charge in [-0.1, -0.05) is 17.7 Å². The van der Waals surface area contributed by atoms with E-state index in [9.17, 15) is 18.5 Å². The first-order valence-corrected chi connectivity index (χ1v) is 10.6. The van der Waals surface area contributed by atoms with Crippen LogP contribution in [0.4, 0.5) is 5.69 Å². The van der Waals surface area contributed by atoms with Crippen LogP contribution in [0.1, 0.15) is 16.8 Å². The third kappa shape index (κ3) is 3.90. The summed E-state index contributed by atoms with van der Waals surface area (Å²) >= 11 is 6.28. The lowest BCUT2D eigenvalue weighted by molar-refractivity contribution is -0.385. The molecule has 1 fully saturated rings. The maximum absolute atomic E-state index is 13.0. The van der Waals surface area contributed by atoms with Gasteiger partial charge >= 0.3 is 0 Å². The monoisotopic (exact) mass is 427 g/mol. The minimum atomic E-state index is -3.80. The molecule has 0 saturated carbocycles. The number of rotatable bonds is 5. The highest BCUT2D eigenvalue weighted by Gasteiger charge is 2.31. The van der Waals surface area contributed by atoms with E-state index in [0.717, 1.165) is 17.3 Å². The summed E-state index contributed by atoms with van der Waals surface area (Å²) in [4.78, 5) is 12.5. The second kappa shape index (κ2) is 7.78. The van der Waals surface area contributed by atoms with Crippen molar-refractivity contribution in [1.29, 1.82) is 0 Å². The summed E-state index contributed by atoms with van der Waals surface area (Å²) in [7, 11) is -2.02. The van der Waals surface area contributed by atoms with E-state index in [1.807, 2.05) is 6.92 Å². The van der Waals surface area contributed by atoms with E-state index < -0.39 is 14.9 Å². The summed E-state index contributed by atoms with van der Waals surface area (Å²) in [6, 6.07) is 3.91. The topological polar surface area (TPSA) is 102 Å². The van der Waals surface area contributed by atoms with Gasteiger partial charge in [-0.3, -0.25) is 19.7 Å². The Kier molecular flexibility index (Phi) is 5.76. The standard InChI is InChI=1S/C17H22ClN5O4S/c1-12-4-5-14(23(24)25)10-16(12)28(26,27)22-8-6-21(7-9-22)11-15-13(2)19-20(3)17(15)18/h4-5,10H,6-9,11H2,1-3H3. The molecule has 1 aromatic heterocycles. The highest BCUT2D eigenvalue weighted by atomic mass is 35.5. The Morgan fingerprint density at radius 3 is 2.39 bits per heavy atom. The number of piperazine rings is 1. The van der Waals surface area contributed by atoms with Crippen molar-refractivity contribution < 1.29 is 13.3 Å². The van der Waals surface area contributed by atoms with Gasteiger partial charge in [-0.15, -0.1) is 0 Å². The molecule has 1 saturated heterocycles. The number of aromatic nitrogens is 2. The molecule has 3 rings (SSSR count). The Bertz CT molecular complexity index is 1010. The van der Waals surface area contributed by atoms with Crippen molar-refractivity contribution in [2.45, 2.75) is 25.3 Å². The molecule has 1 aromatic carbocycles. The predicted octanol–water partition coefficient (Wildman–Crippen LogP) is 2.11. The minimum Gasteiger partial charge on any atom is -0.296 e. The van der Waals surface area contributed by atoms with Gasteiger partial charge in [0.25, 0.3) is 5.69 Å². The summed E-state index contributed by atoms with van der Waals surface area (Å²) in [5, 5.41) is 15.9. The molecule has 0 atom stereocenters. The van der Waals surface area contributed by atoms with Crippen LogP contribution in [0.25, 0.3) is 0 Å². The van der Waals surface area contributed by atoms with E-state index in [1.165, 1.54) is 16.4 Å². The van der Waals surface area contributed by atoms with Crippen molar-refractivity contribution in [2.75, 3.05) is 26.2 Å². The summed E-state index contributed by atoms with van der Waals surface area (Å²) in [5.41, 5.74) is 2.06. The van der Waals surface area contributed by atoms with E-state index >= 15 is 0 Å². The van der Waals surface area contributed by atoms with E-state index in [4.69, 9.17) is 11.6 Å². The van der Waals surface area contributed by atoms with E-state index in [1.54, 1.807) is 18.7 Å². The van der Waals surface area contributed by atoms with Crippen LogP contribution in [0.15, 0.2) is 23.1 Å². The molecule has 0 bridgehead atoms. The van der Waals surface area contributed by atoms with Crippen LogP contribution >= 0.6 is 11.6 Å². The number of sulfonamides is 1. The summed E-state index contributed by atoms with van der Waals surface area (Å²) in [6.07, 6.45) is 0. The number of nitro benzene ring substituents is 1. The first-order valence-electron chi connectivity index (χ1n) is 8.76. The van der Waals surface area contributed by atoms with Crippen LogP contribution in [-0.4, -0.2) is 58.5 Å². The smallest absolute Gasteiger partial charge is 0.270 e. The molecule has 0 amide bonds. The second-order valence-electron chi connectivity index (χ2n) is 6.87. The molecule has 0 N–H and O–H groups in total. The zero-order valence-corrected chi connectivity index (χ0v) is 17.5. The summed E-state index contributed by atoms with van der Waals surface area (Å²) < 4.78 is 29.0. The number of aryl methyl sites for hydroxylation is 3. The van der Waals surface area contributed by atoms with Crippen LogP contribution in [0.3, 0.4) is 0 Å². The number of non-ortho nitro benzene ring substituents is 1. The molecule has 28 heavy (non-hydrogen) atoms. The van der Waals surface area contributed by atoms with Crippen molar-refractivity contribution >= 4 is 27.3 Å². The van der Waals surface area contributed by atoms with Crippen LogP contribution in [0, 0.1) is 24.0 Å². The molecule has 0 radical (unpaired) electrons. The SMILES string of the molecule is Cc1ccc([N+](=O)[O-])cc1S(=O)(=O)N1CCN(Cc2c(C)nn(C)c2Cl)CC1. The van der Waals surface area contributed by atoms with Gasteiger partial charge in [0.05, 0.1) is 15.5 Å². The fourth-order valence-electron chi connectivity index (χ4n) is 3.32. The molecular weight excluding hydrogens is 406 g/mol. The zero-order valence-electron chi connectivity index (χ0n) is 15.9. The Morgan fingerprint density at radius 1 is 1.21 bits per heavy atom. The third-order valence-electron chi connectivity index (χ3n) is 4.98. The van der Waals surface area contributed by atoms with Crippen LogP contribution in [0.2, 0.25) is 5.15 Å². The molecule has 2 heterocycles. The van der Waals surface area contributed by atoms with Gasteiger partial charge in [-0.25, -0.2) is 8.42 Å². The van der Waals surface area contributed by atoms with Crippen molar-refractivity contribution in [1.82, 2.24) is 19.0 Å². The van der Waals surface area contributed by atoms with E-state index in [0.29, 0.717) is 43.4 Å². The fourth-order valence-corrected chi connectivity index (χ4v) is 5.23. The summed E-state index contributed by atoms with van der Waals surface area (Å²) in [6.45, 7) is 5.83. The van der Waals surface area contributed by atoms with Crippen molar-refractivity contribution in [3.63, 3.8) is 0 Å². The average Bonchev–Trinajstić information content (AvgIpc) is 2.88. The lowest BCUT2D eigenvalue weighted by Crippen LogP contribution is -2.48. The van der Waals surface area contributed by atoms with E-state index in [2.05, 4.69) is 10.00 Å². The van der Waals surface area contributed by atoms with Crippen molar-refractivity contribution in [3.8, 4) is 0 Å². The first-order chi connectivity index (χ1) is 13.1. The largest absolute Gasteiger partial charge is 0.296 e. The van der Waals surface area contributed by atoms with Gasteiger partial charge in [0.1, 0.15) is 5.15 Å². The zero-order chi connectivity index (χ0) is 20.6. The lowest BCUT2D eigenvalue weighted by atomic mass is 10.2. The number of hydrogen-bond donors (Lipinski definition) is 0.